The van der Waals surface area contributed by atoms with Gasteiger partial charge in [-0.3, -0.25) is 0 Å². The zero-order chi connectivity index (χ0) is 15.6. The van der Waals surface area contributed by atoms with Crippen molar-refractivity contribution in [1.29, 1.82) is 0 Å². The van der Waals surface area contributed by atoms with Crippen LogP contribution in [0.25, 0.3) is 0 Å². The van der Waals surface area contributed by atoms with Crippen molar-refractivity contribution in [3.05, 3.63) is 28.5 Å². The predicted molar refractivity (Wildman–Crippen MR) is 81.4 cm³/mol. The summed E-state index contributed by atoms with van der Waals surface area (Å²) in [5.41, 5.74) is 0.449. The van der Waals surface area contributed by atoms with E-state index in [-0.39, 0.29) is 16.0 Å². The molecule has 4 nitrogen and oxygen atoms in total. The van der Waals surface area contributed by atoms with Crippen LogP contribution in [0.4, 0.5) is 4.39 Å². The van der Waals surface area contributed by atoms with E-state index in [4.69, 9.17) is 11.6 Å². The third-order valence-electron chi connectivity index (χ3n) is 3.85. The van der Waals surface area contributed by atoms with Crippen LogP contribution < -0.4 is 5.32 Å². The Balaban J connectivity index is 2.45. The summed E-state index contributed by atoms with van der Waals surface area (Å²) >= 11 is 5.89. The highest BCUT2D eigenvalue weighted by molar-refractivity contribution is 7.89. The van der Waals surface area contributed by atoms with E-state index in [9.17, 15) is 12.8 Å². The lowest BCUT2D eigenvalue weighted by Gasteiger charge is -2.23. The number of halogens is 2. The molecular formula is C14H20ClFN2O2S. The first-order chi connectivity index (χ1) is 9.91. The monoisotopic (exact) mass is 334 g/mol. The average Bonchev–Trinajstić information content (AvgIpc) is 2.93. The van der Waals surface area contributed by atoms with E-state index in [1.807, 2.05) is 6.92 Å². The molecule has 7 heteroatoms. The van der Waals surface area contributed by atoms with Gasteiger partial charge in [0.25, 0.3) is 0 Å². The highest BCUT2D eigenvalue weighted by Crippen LogP contribution is 2.31. The van der Waals surface area contributed by atoms with Crippen molar-refractivity contribution in [1.82, 2.24) is 9.62 Å². The van der Waals surface area contributed by atoms with Gasteiger partial charge in [-0.2, -0.15) is 4.31 Å². The molecule has 0 bridgehead atoms. The molecule has 21 heavy (non-hydrogen) atoms. The van der Waals surface area contributed by atoms with Crippen molar-refractivity contribution >= 4 is 21.6 Å². The Hall–Kier alpha value is -0.690. The van der Waals surface area contributed by atoms with E-state index in [2.05, 4.69) is 5.32 Å². The van der Waals surface area contributed by atoms with Gasteiger partial charge in [-0.05, 0) is 44.0 Å². The lowest BCUT2D eigenvalue weighted by atomic mass is 10.2. The summed E-state index contributed by atoms with van der Waals surface area (Å²) in [5.74, 6) is -0.699. The Morgan fingerprint density at radius 3 is 2.81 bits per heavy atom. The van der Waals surface area contributed by atoms with Crippen LogP contribution in [0.1, 0.15) is 31.7 Å². The lowest BCUT2D eigenvalue weighted by Crippen LogP contribution is -2.35. The average molecular weight is 335 g/mol. The molecule has 118 valence electrons. The zero-order valence-electron chi connectivity index (χ0n) is 12.2. The summed E-state index contributed by atoms with van der Waals surface area (Å²) in [6, 6.07) is 2.48. The number of benzene rings is 1. The molecule has 0 aliphatic carbocycles. The number of hydrogen-bond donors (Lipinski definition) is 1. The highest BCUT2D eigenvalue weighted by Gasteiger charge is 2.34. The van der Waals surface area contributed by atoms with Crippen molar-refractivity contribution < 1.29 is 12.8 Å². The SMILES string of the molecule is CCC1CCCN1S(=O)(=O)c1cc(F)c(Cl)c(CNC)c1. The van der Waals surface area contributed by atoms with Crippen molar-refractivity contribution in [3.8, 4) is 0 Å². The zero-order valence-corrected chi connectivity index (χ0v) is 13.8. The summed E-state index contributed by atoms with van der Waals surface area (Å²) in [6.45, 7) is 2.77. The fourth-order valence-corrected chi connectivity index (χ4v) is 4.76. The summed E-state index contributed by atoms with van der Waals surface area (Å²) < 4.78 is 40.8. The van der Waals surface area contributed by atoms with Gasteiger partial charge in [-0.15, -0.1) is 0 Å². The summed E-state index contributed by atoms with van der Waals surface area (Å²) in [6.07, 6.45) is 2.46. The Morgan fingerprint density at radius 2 is 2.19 bits per heavy atom. The summed E-state index contributed by atoms with van der Waals surface area (Å²) in [5, 5.41) is 2.83. The van der Waals surface area contributed by atoms with Gasteiger partial charge in [0, 0.05) is 19.1 Å². The molecule has 1 aromatic rings. The van der Waals surface area contributed by atoms with Crippen LogP contribution >= 0.6 is 11.6 Å². The minimum absolute atomic E-state index is 0.00138. The second-order valence-corrected chi connectivity index (χ2v) is 7.50. The fraction of sp³-hybridized carbons (Fsp3) is 0.571. The first kappa shape index (κ1) is 16.7. The van der Waals surface area contributed by atoms with Crippen LogP contribution in [0.5, 0.6) is 0 Å². The van der Waals surface area contributed by atoms with Gasteiger partial charge in [-0.1, -0.05) is 18.5 Å². The van der Waals surface area contributed by atoms with E-state index in [0.29, 0.717) is 18.7 Å². The maximum absolute atomic E-state index is 13.9. The van der Waals surface area contributed by atoms with Crippen molar-refractivity contribution in [3.63, 3.8) is 0 Å². The molecule has 1 aliphatic heterocycles. The number of nitrogens with one attached hydrogen (secondary N) is 1. The van der Waals surface area contributed by atoms with Gasteiger partial charge in [0.1, 0.15) is 5.82 Å². The lowest BCUT2D eigenvalue weighted by molar-refractivity contribution is 0.379. The molecule has 1 aromatic carbocycles. The minimum atomic E-state index is -3.67. The number of sulfonamides is 1. The van der Waals surface area contributed by atoms with Crippen LogP contribution in [0, 0.1) is 5.82 Å². The number of nitrogens with zero attached hydrogens (tertiary/aromatic N) is 1. The molecule has 0 aromatic heterocycles. The highest BCUT2D eigenvalue weighted by atomic mass is 35.5. The molecule has 1 saturated heterocycles. The molecule has 1 fully saturated rings. The molecule has 1 N–H and O–H groups in total. The third kappa shape index (κ3) is 3.23. The first-order valence-electron chi connectivity index (χ1n) is 7.06. The Morgan fingerprint density at radius 1 is 1.48 bits per heavy atom. The maximum atomic E-state index is 13.9. The second-order valence-electron chi connectivity index (χ2n) is 5.23. The standard InChI is InChI=1S/C14H20ClFN2O2S/c1-3-11-5-4-6-18(11)21(19,20)12-7-10(9-17-2)14(15)13(16)8-12/h7-8,11,17H,3-6,9H2,1-2H3. The normalized spacial score (nSPS) is 20.1. The quantitative estimate of drug-likeness (QED) is 0.900. The van der Waals surface area contributed by atoms with Crippen LogP contribution in [-0.4, -0.2) is 32.4 Å². The fourth-order valence-electron chi connectivity index (χ4n) is 2.76. The van der Waals surface area contributed by atoms with Gasteiger partial charge in [0.2, 0.25) is 10.0 Å². The van der Waals surface area contributed by atoms with Crippen molar-refractivity contribution in [2.45, 2.75) is 43.7 Å². The van der Waals surface area contributed by atoms with E-state index in [1.165, 1.54) is 10.4 Å². The Kier molecular flexibility index (Phi) is 5.24. The van der Waals surface area contributed by atoms with E-state index in [1.54, 1.807) is 7.05 Å². The Bertz CT molecular complexity index is 622. The maximum Gasteiger partial charge on any atom is 0.243 e. The number of hydrogen-bond acceptors (Lipinski definition) is 3. The van der Waals surface area contributed by atoms with Gasteiger partial charge in [-0.25, -0.2) is 12.8 Å². The van der Waals surface area contributed by atoms with Crippen LogP contribution in [0.15, 0.2) is 17.0 Å². The summed E-state index contributed by atoms with van der Waals surface area (Å²) in [4.78, 5) is -0.0185. The van der Waals surface area contributed by atoms with E-state index in [0.717, 1.165) is 25.3 Å². The van der Waals surface area contributed by atoms with Gasteiger partial charge >= 0.3 is 0 Å². The second kappa shape index (κ2) is 6.60. The molecular weight excluding hydrogens is 315 g/mol. The smallest absolute Gasteiger partial charge is 0.243 e. The predicted octanol–water partition coefficient (Wildman–Crippen LogP) is 2.76. The van der Waals surface area contributed by atoms with E-state index >= 15 is 0 Å². The molecule has 0 radical (unpaired) electrons. The van der Waals surface area contributed by atoms with Gasteiger partial charge in [0.05, 0.1) is 9.92 Å². The van der Waals surface area contributed by atoms with Crippen LogP contribution in [-0.2, 0) is 16.6 Å². The molecule has 0 spiro atoms. The molecule has 1 heterocycles. The Labute approximate surface area is 130 Å². The van der Waals surface area contributed by atoms with Crippen molar-refractivity contribution in [2.24, 2.45) is 0 Å². The molecule has 2 rings (SSSR count). The topological polar surface area (TPSA) is 49.4 Å². The first-order valence-corrected chi connectivity index (χ1v) is 8.88. The third-order valence-corrected chi connectivity index (χ3v) is 6.20. The van der Waals surface area contributed by atoms with E-state index < -0.39 is 15.8 Å². The minimum Gasteiger partial charge on any atom is -0.316 e. The van der Waals surface area contributed by atoms with Crippen LogP contribution in [0.3, 0.4) is 0 Å². The number of rotatable bonds is 5. The largest absolute Gasteiger partial charge is 0.316 e. The van der Waals surface area contributed by atoms with Gasteiger partial charge in [0.15, 0.2) is 0 Å². The van der Waals surface area contributed by atoms with Crippen molar-refractivity contribution in [2.75, 3.05) is 13.6 Å². The molecule has 0 saturated carbocycles. The molecule has 0 amide bonds. The van der Waals surface area contributed by atoms with Crippen LogP contribution in [0.2, 0.25) is 5.02 Å². The summed E-state index contributed by atoms with van der Waals surface area (Å²) in [7, 11) is -1.98. The molecule has 1 atom stereocenters. The molecule has 1 aliphatic rings. The molecule has 1 unspecified atom stereocenters. The van der Waals surface area contributed by atoms with Gasteiger partial charge < -0.3 is 5.32 Å².